The van der Waals surface area contributed by atoms with Crippen LogP contribution in [0.25, 0.3) is 0 Å². The summed E-state index contributed by atoms with van der Waals surface area (Å²) in [7, 11) is -2.67. The average molecular weight is 301 g/mol. The molecule has 1 aromatic rings. The topological polar surface area (TPSA) is 110 Å². The van der Waals surface area contributed by atoms with Crippen molar-refractivity contribution in [2.24, 2.45) is 0 Å². The molecule has 0 unspecified atom stereocenters. The summed E-state index contributed by atoms with van der Waals surface area (Å²) < 4.78 is 29.4. The fourth-order valence-electron chi connectivity index (χ4n) is 1.55. The number of carbonyl (C=O) groups is 2. The molecular weight excluding hydrogens is 286 g/mol. The minimum atomic E-state index is -3.77. The van der Waals surface area contributed by atoms with E-state index in [0.29, 0.717) is 5.56 Å². The number of carbonyl (C=O) groups excluding carboxylic acids is 1. The van der Waals surface area contributed by atoms with Crippen LogP contribution in [-0.2, 0) is 26.0 Å². The van der Waals surface area contributed by atoms with Crippen LogP contribution in [0.5, 0.6) is 0 Å². The minimum Gasteiger partial charge on any atom is -0.478 e. The van der Waals surface area contributed by atoms with Crippen molar-refractivity contribution in [3.63, 3.8) is 0 Å². The number of esters is 1. The van der Waals surface area contributed by atoms with Crippen LogP contribution < -0.4 is 4.72 Å². The Morgan fingerprint density at radius 2 is 1.95 bits per heavy atom. The van der Waals surface area contributed by atoms with E-state index in [-0.39, 0.29) is 18.5 Å². The zero-order valence-corrected chi connectivity index (χ0v) is 11.6. The number of hydrogen-bond acceptors (Lipinski definition) is 5. The highest BCUT2D eigenvalue weighted by molar-refractivity contribution is 7.90. The molecular formula is C12H15NO6S. The molecule has 0 radical (unpaired) electrons. The molecule has 110 valence electrons. The fraction of sp³-hybridized carbons (Fsp3) is 0.333. The molecule has 0 atom stereocenters. The maximum atomic E-state index is 11.5. The third kappa shape index (κ3) is 4.98. The predicted molar refractivity (Wildman–Crippen MR) is 70.9 cm³/mol. The molecule has 0 aliphatic carbocycles. The van der Waals surface area contributed by atoms with Crippen molar-refractivity contribution in [1.29, 1.82) is 0 Å². The number of carboxylic acid groups (broad SMARTS) is 1. The van der Waals surface area contributed by atoms with Gasteiger partial charge < -0.3 is 9.84 Å². The van der Waals surface area contributed by atoms with E-state index in [1.165, 1.54) is 6.07 Å². The lowest BCUT2D eigenvalue weighted by Crippen LogP contribution is -2.32. The van der Waals surface area contributed by atoms with Gasteiger partial charge in [-0.2, -0.15) is 0 Å². The Balaban J connectivity index is 2.61. The Kier molecular flexibility index (Phi) is 5.66. The van der Waals surface area contributed by atoms with E-state index >= 15 is 0 Å². The van der Waals surface area contributed by atoms with Crippen LogP contribution in [0.1, 0.15) is 15.9 Å². The number of ether oxygens (including phenoxy) is 1. The largest absolute Gasteiger partial charge is 0.478 e. The van der Waals surface area contributed by atoms with Crippen LogP contribution in [0.3, 0.4) is 0 Å². The van der Waals surface area contributed by atoms with Gasteiger partial charge in [0.2, 0.25) is 10.0 Å². The van der Waals surface area contributed by atoms with Crippen molar-refractivity contribution >= 4 is 22.0 Å². The summed E-state index contributed by atoms with van der Waals surface area (Å²) in [6.07, 6.45) is 0.211. The summed E-state index contributed by atoms with van der Waals surface area (Å²) in [5.41, 5.74) is 0.639. The summed E-state index contributed by atoms with van der Waals surface area (Å²) in [6, 6.07) is 6.32. The summed E-state index contributed by atoms with van der Waals surface area (Å²) in [6.45, 7) is 0.00359. The van der Waals surface area contributed by atoms with E-state index in [1.54, 1.807) is 18.2 Å². The first-order valence-electron chi connectivity index (χ1n) is 5.71. The first kappa shape index (κ1) is 16.1. The monoisotopic (exact) mass is 301 g/mol. The molecule has 8 heteroatoms. The molecule has 0 aliphatic heterocycles. The van der Waals surface area contributed by atoms with Crippen molar-refractivity contribution in [3.8, 4) is 0 Å². The molecule has 0 heterocycles. The van der Waals surface area contributed by atoms with E-state index in [4.69, 9.17) is 5.11 Å². The molecule has 0 amide bonds. The van der Waals surface area contributed by atoms with Gasteiger partial charge in [0, 0.05) is 6.54 Å². The molecule has 7 nitrogen and oxygen atoms in total. The lowest BCUT2D eigenvalue weighted by atomic mass is 10.1. The van der Waals surface area contributed by atoms with Crippen molar-refractivity contribution in [3.05, 3.63) is 35.4 Å². The zero-order valence-electron chi connectivity index (χ0n) is 10.8. The number of rotatable bonds is 7. The molecule has 2 N–H and O–H groups in total. The van der Waals surface area contributed by atoms with Gasteiger partial charge in [0.25, 0.3) is 0 Å². The Morgan fingerprint density at radius 3 is 2.55 bits per heavy atom. The second-order valence-electron chi connectivity index (χ2n) is 3.94. The Morgan fingerprint density at radius 1 is 1.30 bits per heavy atom. The van der Waals surface area contributed by atoms with Crippen molar-refractivity contribution in [1.82, 2.24) is 4.72 Å². The van der Waals surface area contributed by atoms with E-state index in [9.17, 15) is 18.0 Å². The molecule has 0 aromatic heterocycles. The molecule has 20 heavy (non-hydrogen) atoms. The smallest absolute Gasteiger partial charge is 0.335 e. The van der Waals surface area contributed by atoms with Gasteiger partial charge in [0.1, 0.15) is 0 Å². The lowest BCUT2D eigenvalue weighted by molar-refractivity contribution is -0.137. The maximum Gasteiger partial charge on any atom is 0.335 e. The maximum absolute atomic E-state index is 11.5. The number of methoxy groups -OCH3 is 1. The SMILES string of the molecule is COC(=O)CS(=O)(=O)NCCc1ccccc1C(=O)O. The van der Waals surface area contributed by atoms with Gasteiger partial charge in [0.05, 0.1) is 12.7 Å². The summed E-state index contributed by atoms with van der Waals surface area (Å²) in [4.78, 5) is 21.9. The molecule has 0 fully saturated rings. The number of benzene rings is 1. The van der Waals surface area contributed by atoms with Crippen LogP contribution in [0.2, 0.25) is 0 Å². The third-order valence-electron chi connectivity index (χ3n) is 2.50. The fourth-order valence-corrected chi connectivity index (χ4v) is 2.50. The number of aromatic carboxylic acids is 1. The van der Waals surface area contributed by atoms with Crippen molar-refractivity contribution in [2.75, 3.05) is 19.4 Å². The Labute approximate surface area is 116 Å². The zero-order chi connectivity index (χ0) is 15.2. The highest BCUT2D eigenvalue weighted by atomic mass is 32.2. The van der Waals surface area contributed by atoms with Gasteiger partial charge in [-0.05, 0) is 18.1 Å². The number of nitrogens with one attached hydrogen (secondary N) is 1. The van der Waals surface area contributed by atoms with Gasteiger partial charge in [-0.15, -0.1) is 0 Å². The van der Waals surface area contributed by atoms with E-state index in [0.717, 1.165) is 7.11 Å². The van der Waals surface area contributed by atoms with Crippen LogP contribution in [-0.4, -0.2) is 44.9 Å². The average Bonchev–Trinajstić information content (AvgIpc) is 2.38. The summed E-state index contributed by atoms with van der Waals surface area (Å²) in [5.74, 6) is -2.69. The summed E-state index contributed by atoms with van der Waals surface area (Å²) >= 11 is 0. The van der Waals surface area contributed by atoms with Gasteiger partial charge in [-0.1, -0.05) is 18.2 Å². The van der Waals surface area contributed by atoms with Crippen molar-refractivity contribution < 1.29 is 27.9 Å². The second-order valence-corrected chi connectivity index (χ2v) is 5.75. The van der Waals surface area contributed by atoms with Crippen LogP contribution in [0, 0.1) is 0 Å². The van der Waals surface area contributed by atoms with Gasteiger partial charge in [0.15, 0.2) is 5.75 Å². The van der Waals surface area contributed by atoms with Crippen molar-refractivity contribution in [2.45, 2.75) is 6.42 Å². The second kappa shape index (κ2) is 7.01. The molecule has 0 aliphatic rings. The van der Waals surface area contributed by atoms with Gasteiger partial charge in [-0.3, -0.25) is 4.79 Å². The quantitative estimate of drug-likeness (QED) is 0.687. The number of hydrogen-bond donors (Lipinski definition) is 2. The normalized spacial score (nSPS) is 11.1. The highest BCUT2D eigenvalue weighted by Crippen LogP contribution is 2.09. The van der Waals surface area contributed by atoms with E-state index in [1.807, 2.05) is 0 Å². The number of carboxylic acids is 1. The lowest BCUT2D eigenvalue weighted by Gasteiger charge is -2.07. The first-order valence-corrected chi connectivity index (χ1v) is 7.36. The molecule has 0 saturated carbocycles. The molecule has 0 bridgehead atoms. The van der Waals surface area contributed by atoms with Crippen LogP contribution in [0.15, 0.2) is 24.3 Å². The molecule has 1 rings (SSSR count). The van der Waals surface area contributed by atoms with E-state index in [2.05, 4.69) is 9.46 Å². The van der Waals surface area contributed by atoms with Gasteiger partial charge in [-0.25, -0.2) is 17.9 Å². The standard InChI is InChI=1S/C12H15NO6S/c1-19-11(14)8-20(17,18)13-7-6-9-4-2-3-5-10(9)12(15)16/h2-5,13H,6-8H2,1H3,(H,15,16). The van der Waals surface area contributed by atoms with E-state index < -0.39 is 27.7 Å². The Bertz CT molecular complexity index is 596. The molecule has 0 saturated heterocycles. The minimum absolute atomic E-state index is 0.00359. The summed E-state index contributed by atoms with van der Waals surface area (Å²) in [5, 5.41) is 8.98. The van der Waals surface area contributed by atoms with Gasteiger partial charge >= 0.3 is 11.9 Å². The van der Waals surface area contributed by atoms with Crippen LogP contribution in [0.4, 0.5) is 0 Å². The first-order chi connectivity index (χ1) is 9.35. The Hall–Kier alpha value is -1.93. The van der Waals surface area contributed by atoms with Crippen LogP contribution >= 0.6 is 0 Å². The predicted octanol–water partition coefficient (Wildman–Crippen LogP) is 0.0197. The number of sulfonamides is 1. The third-order valence-corrected chi connectivity index (χ3v) is 3.76. The molecule has 1 aromatic carbocycles. The molecule has 0 spiro atoms. The highest BCUT2D eigenvalue weighted by Gasteiger charge is 2.16.